The van der Waals surface area contributed by atoms with Crippen molar-refractivity contribution in [2.75, 3.05) is 11.9 Å². The molecule has 31 heavy (non-hydrogen) atoms. The Labute approximate surface area is 185 Å². The largest absolute Gasteiger partial charge is 0.352 e. The number of H-pyrrole nitrogens is 1. The van der Waals surface area contributed by atoms with E-state index < -0.39 is 0 Å². The van der Waals surface area contributed by atoms with Crippen LogP contribution in [0.1, 0.15) is 22.7 Å². The van der Waals surface area contributed by atoms with Gasteiger partial charge in [0.2, 0.25) is 0 Å². The number of hydrogen-bond donors (Lipinski definition) is 1. The zero-order chi connectivity index (χ0) is 20.9. The van der Waals surface area contributed by atoms with Crippen LogP contribution >= 0.6 is 22.7 Å². The summed E-state index contributed by atoms with van der Waals surface area (Å²) in [6, 6.07) is 5.75. The third kappa shape index (κ3) is 3.12. The van der Waals surface area contributed by atoms with Crippen LogP contribution < -0.4 is 10.5 Å². The first-order valence-electron chi connectivity index (χ1n) is 10.1. The zero-order valence-electron chi connectivity index (χ0n) is 16.8. The molecule has 0 fully saturated rings. The number of pyridine rings is 1. The number of aryl methyl sites for hydroxylation is 2. The van der Waals surface area contributed by atoms with Gasteiger partial charge < -0.3 is 9.88 Å². The smallest absolute Gasteiger partial charge is 0.268 e. The summed E-state index contributed by atoms with van der Waals surface area (Å²) in [5, 5.41) is 3.02. The van der Waals surface area contributed by atoms with Gasteiger partial charge in [0.05, 0.1) is 17.4 Å². The lowest BCUT2D eigenvalue weighted by Crippen LogP contribution is -2.22. The van der Waals surface area contributed by atoms with Crippen LogP contribution in [-0.4, -0.2) is 32.0 Å². The van der Waals surface area contributed by atoms with Crippen LogP contribution in [0, 0.1) is 0 Å². The second-order valence-electron chi connectivity index (χ2n) is 7.65. The van der Waals surface area contributed by atoms with Gasteiger partial charge in [-0.1, -0.05) is 0 Å². The SMILES string of the molecule is CN(Cc1nc2ccsc2c(=O)[nH]1)c1nc(-c2cccnc2)nc2sc3c(c12)CCC3. The number of aromatic nitrogens is 5. The highest BCUT2D eigenvalue weighted by atomic mass is 32.1. The minimum atomic E-state index is -0.0938. The monoisotopic (exact) mass is 446 g/mol. The highest BCUT2D eigenvalue weighted by Crippen LogP contribution is 2.41. The first-order valence-corrected chi connectivity index (χ1v) is 11.8. The van der Waals surface area contributed by atoms with E-state index in [2.05, 4.69) is 19.9 Å². The third-order valence-electron chi connectivity index (χ3n) is 5.58. The normalized spacial score (nSPS) is 13.2. The van der Waals surface area contributed by atoms with E-state index >= 15 is 0 Å². The van der Waals surface area contributed by atoms with Crippen LogP contribution in [-0.2, 0) is 19.4 Å². The second kappa shape index (κ2) is 7.21. The van der Waals surface area contributed by atoms with Gasteiger partial charge in [0.25, 0.3) is 5.56 Å². The number of hydrogen-bond acceptors (Lipinski definition) is 8. The summed E-state index contributed by atoms with van der Waals surface area (Å²) in [6.45, 7) is 0.449. The Kier molecular flexibility index (Phi) is 4.32. The van der Waals surface area contributed by atoms with Crippen LogP contribution in [0.2, 0.25) is 0 Å². The van der Waals surface area contributed by atoms with Crippen LogP contribution in [0.4, 0.5) is 5.82 Å². The molecule has 1 N–H and O–H groups in total. The Morgan fingerprint density at radius 3 is 3.00 bits per heavy atom. The molecule has 0 atom stereocenters. The maximum atomic E-state index is 12.4. The van der Waals surface area contributed by atoms with Gasteiger partial charge >= 0.3 is 0 Å². The summed E-state index contributed by atoms with van der Waals surface area (Å²) in [5.41, 5.74) is 2.90. The molecule has 9 heteroatoms. The molecule has 7 nitrogen and oxygen atoms in total. The number of rotatable bonds is 4. The molecule has 5 heterocycles. The lowest BCUT2D eigenvalue weighted by molar-refractivity contribution is 0.829. The van der Waals surface area contributed by atoms with Crippen molar-refractivity contribution in [2.45, 2.75) is 25.8 Å². The molecule has 6 rings (SSSR count). The standard InChI is InChI=1S/C22H18N6OS2/c1-28(11-16-24-14-7-9-30-18(14)21(29)25-16)20-17-13-5-2-6-15(13)31-22(17)27-19(26-20)12-4-3-8-23-10-12/h3-4,7-10H,2,5-6,11H2,1H3,(H,24,25,29). The van der Waals surface area contributed by atoms with E-state index in [0.717, 1.165) is 40.0 Å². The van der Waals surface area contributed by atoms with E-state index in [4.69, 9.17) is 9.97 Å². The van der Waals surface area contributed by atoms with Gasteiger partial charge in [-0.15, -0.1) is 22.7 Å². The number of fused-ring (bicyclic) bond motifs is 4. The minimum Gasteiger partial charge on any atom is -0.352 e. The van der Waals surface area contributed by atoms with Gasteiger partial charge in [-0.25, -0.2) is 15.0 Å². The van der Waals surface area contributed by atoms with Crippen LogP contribution in [0.5, 0.6) is 0 Å². The van der Waals surface area contributed by atoms with E-state index in [-0.39, 0.29) is 5.56 Å². The molecule has 0 spiro atoms. The Bertz CT molecular complexity index is 1490. The van der Waals surface area contributed by atoms with Crippen molar-refractivity contribution < 1.29 is 0 Å². The van der Waals surface area contributed by atoms with Crippen LogP contribution in [0.3, 0.4) is 0 Å². The Balaban J connectivity index is 1.48. The molecule has 1 aliphatic rings. The summed E-state index contributed by atoms with van der Waals surface area (Å²) < 4.78 is 0.658. The van der Waals surface area contributed by atoms with Gasteiger partial charge in [-0.2, -0.15) is 0 Å². The molecule has 0 bridgehead atoms. The van der Waals surface area contributed by atoms with Crippen molar-refractivity contribution >= 4 is 48.9 Å². The molecule has 0 radical (unpaired) electrons. The number of thiophene rings is 2. The highest BCUT2D eigenvalue weighted by molar-refractivity contribution is 7.19. The molecule has 0 aliphatic heterocycles. The fraction of sp³-hybridized carbons (Fsp3) is 0.227. The fourth-order valence-electron chi connectivity index (χ4n) is 4.17. The van der Waals surface area contributed by atoms with Gasteiger partial charge in [0, 0.05) is 29.9 Å². The summed E-state index contributed by atoms with van der Waals surface area (Å²) in [4.78, 5) is 38.5. The lowest BCUT2D eigenvalue weighted by Gasteiger charge is -2.20. The average molecular weight is 447 g/mol. The maximum Gasteiger partial charge on any atom is 0.268 e. The molecule has 5 aromatic rings. The first-order chi connectivity index (χ1) is 15.2. The summed E-state index contributed by atoms with van der Waals surface area (Å²) in [6.07, 6.45) is 6.87. The Hall–Kier alpha value is -3.17. The zero-order valence-corrected chi connectivity index (χ0v) is 18.4. The molecule has 5 aromatic heterocycles. The van der Waals surface area contributed by atoms with Crippen LogP contribution in [0.15, 0.2) is 40.8 Å². The summed E-state index contributed by atoms with van der Waals surface area (Å²) in [7, 11) is 1.99. The van der Waals surface area contributed by atoms with E-state index in [1.54, 1.807) is 23.7 Å². The number of nitrogens with zero attached hydrogens (tertiary/aromatic N) is 5. The van der Waals surface area contributed by atoms with E-state index in [1.807, 2.05) is 30.6 Å². The van der Waals surface area contributed by atoms with E-state index in [1.165, 1.54) is 28.2 Å². The van der Waals surface area contributed by atoms with Crippen molar-refractivity contribution in [1.29, 1.82) is 0 Å². The predicted octanol–water partition coefficient (Wildman–Crippen LogP) is 4.18. The van der Waals surface area contributed by atoms with Crippen molar-refractivity contribution in [1.82, 2.24) is 24.9 Å². The molecule has 0 amide bonds. The Morgan fingerprint density at radius 1 is 1.19 bits per heavy atom. The topological polar surface area (TPSA) is 87.7 Å². The van der Waals surface area contributed by atoms with Crippen molar-refractivity contribution in [3.63, 3.8) is 0 Å². The lowest BCUT2D eigenvalue weighted by atomic mass is 10.1. The molecule has 0 unspecified atom stereocenters. The molecule has 154 valence electrons. The minimum absolute atomic E-state index is 0.0938. The van der Waals surface area contributed by atoms with E-state index in [9.17, 15) is 4.79 Å². The Morgan fingerprint density at radius 2 is 2.13 bits per heavy atom. The summed E-state index contributed by atoms with van der Waals surface area (Å²) >= 11 is 3.18. The number of anilines is 1. The highest BCUT2D eigenvalue weighted by Gasteiger charge is 2.24. The molecular formula is C22H18N6OS2. The van der Waals surface area contributed by atoms with Crippen LogP contribution in [0.25, 0.3) is 31.8 Å². The summed E-state index contributed by atoms with van der Waals surface area (Å²) in [5.74, 6) is 2.16. The van der Waals surface area contributed by atoms with Crippen molar-refractivity contribution in [3.8, 4) is 11.4 Å². The van der Waals surface area contributed by atoms with Gasteiger partial charge in [-0.05, 0) is 48.4 Å². The van der Waals surface area contributed by atoms with Gasteiger partial charge in [0.1, 0.15) is 21.2 Å². The third-order valence-corrected chi connectivity index (χ3v) is 7.67. The van der Waals surface area contributed by atoms with Crippen molar-refractivity contribution in [3.05, 3.63) is 62.6 Å². The second-order valence-corrected chi connectivity index (χ2v) is 9.65. The molecule has 0 aromatic carbocycles. The van der Waals surface area contributed by atoms with E-state index in [0.29, 0.717) is 22.9 Å². The molecule has 0 saturated heterocycles. The number of nitrogens with one attached hydrogen (secondary N) is 1. The molecule has 0 saturated carbocycles. The van der Waals surface area contributed by atoms with Gasteiger partial charge in [-0.3, -0.25) is 9.78 Å². The molecule has 1 aliphatic carbocycles. The van der Waals surface area contributed by atoms with Crippen molar-refractivity contribution in [2.24, 2.45) is 0 Å². The maximum absolute atomic E-state index is 12.4. The fourth-order valence-corrected chi connectivity index (χ4v) is 6.15. The average Bonchev–Trinajstić information content (AvgIpc) is 3.49. The van der Waals surface area contributed by atoms with Gasteiger partial charge in [0.15, 0.2) is 5.82 Å². The quantitative estimate of drug-likeness (QED) is 0.446. The molecular weight excluding hydrogens is 428 g/mol. The predicted molar refractivity (Wildman–Crippen MR) is 125 cm³/mol. The first kappa shape index (κ1) is 18.6. The number of aromatic amines is 1.